The van der Waals surface area contributed by atoms with E-state index in [1.807, 2.05) is 45.0 Å². The number of pyridine rings is 1. The summed E-state index contributed by atoms with van der Waals surface area (Å²) in [6.07, 6.45) is 0.449. The number of rotatable bonds is 12. The first-order valence-electron chi connectivity index (χ1n) is 16.9. The topological polar surface area (TPSA) is 201 Å². The number of nitrogens with zero attached hydrogens (tertiary/aromatic N) is 2. The van der Waals surface area contributed by atoms with Crippen LogP contribution in [0.1, 0.15) is 53.5 Å². The summed E-state index contributed by atoms with van der Waals surface area (Å²) in [5.41, 5.74) is 9.46. The molecule has 3 amide bonds. The summed E-state index contributed by atoms with van der Waals surface area (Å²) in [4.78, 5) is 43.9. The number of allylic oxidation sites excluding steroid dienone is 1. The molecule has 1 unspecified atom stereocenters. The van der Waals surface area contributed by atoms with Crippen LogP contribution < -0.4 is 32.0 Å². The van der Waals surface area contributed by atoms with Crippen LogP contribution in [-0.2, 0) is 13.2 Å². The number of aromatic hydroxyl groups is 1. The van der Waals surface area contributed by atoms with Crippen molar-refractivity contribution in [3.8, 4) is 17.2 Å². The molecule has 0 saturated carbocycles. The zero-order chi connectivity index (χ0) is 39.7. The third-order valence-electron chi connectivity index (χ3n) is 8.24. The van der Waals surface area contributed by atoms with Gasteiger partial charge in [0.1, 0.15) is 29.0 Å². The van der Waals surface area contributed by atoms with Crippen LogP contribution in [0.3, 0.4) is 0 Å². The molecule has 0 spiro atoms. The fraction of sp³-hybridized carbons (Fsp3) is 0.282. The quantitative estimate of drug-likeness (QED) is 0.0717. The Morgan fingerprint density at radius 3 is 2.39 bits per heavy atom. The van der Waals surface area contributed by atoms with Crippen molar-refractivity contribution in [2.75, 3.05) is 13.2 Å². The summed E-state index contributed by atoms with van der Waals surface area (Å²) in [6.45, 7) is 8.75. The third-order valence-corrected chi connectivity index (χ3v) is 8.91. The zero-order valence-electron chi connectivity index (χ0n) is 30.5. The molecule has 1 aromatic heterocycles. The number of ether oxygens (including phenoxy) is 1. The molecule has 0 aliphatic heterocycles. The lowest BCUT2D eigenvalue weighted by Crippen LogP contribution is -2.39. The van der Waals surface area contributed by atoms with Crippen molar-refractivity contribution in [3.63, 3.8) is 0 Å². The lowest BCUT2D eigenvalue weighted by molar-refractivity contribution is 0.0802. The number of aliphatic hydroxyl groups excluding tert-OH is 2. The van der Waals surface area contributed by atoms with Crippen LogP contribution in [0.4, 0.5) is 10.5 Å². The van der Waals surface area contributed by atoms with Crippen LogP contribution in [0, 0.1) is 19.3 Å². The van der Waals surface area contributed by atoms with E-state index in [2.05, 4.69) is 20.9 Å². The molecular formula is C39H44Cl2N6O7. The van der Waals surface area contributed by atoms with Gasteiger partial charge >= 0.3 is 6.03 Å². The highest BCUT2D eigenvalue weighted by molar-refractivity contribution is 6.32. The van der Waals surface area contributed by atoms with Crippen molar-refractivity contribution in [1.82, 2.24) is 20.5 Å². The number of phenolic OH excluding ortho intramolecular Hbond substituents is 1. The molecule has 0 aliphatic carbocycles. The molecule has 4 aromatic rings. The van der Waals surface area contributed by atoms with E-state index in [1.54, 1.807) is 50.3 Å². The molecule has 1 heterocycles. The average molecular weight is 780 g/mol. The van der Waals surface area contributed by atoms with Gasteiger partial charge in [-0.1, -0.05) is 74.3 Å². The maximum atomic E-state index is 13.6. The number of aromatic nitrogens is 1. The van der Waals surface area contributed by atoms with Gasteiger partial charge in [0, 0.05) is 53.7 Å². The Morgan fingerprint density at radius 1 is 1.02 bits per heavy atom. The Bertz CT molecular complexity index is 2140. The van der Waals surface area contributed by atoms with Gasteiger partial charge in [-0.2, -0.15) is 0 Å². The van der Waals surface area contributed by atoms with E-state index in [1.165, 1.54) is 16.7 Å². The largest absolute Gasteiger partial charge is 0.506 e. The maximum absolute atomic E-state index is 13.6. The Balaban J connectivity index is 1.50. The number of amides is 3. The minimum Gasteiger partial charge on any atom is -0.506 e. The lowest BCUT2D eigenvalue weighted by Gasteiger charge is -2.19. The number of aliphatic hydroxyl groups is 2. The number of hydrogen-bond acceptors (Lipinski definition) is 9. The van der Waals surface area contributed by atoms with Crippen LogP contribution in [-0.4, -0.2) is 56.9 Å². The zero-order valence-corrected chi connectivity index (χ0v) is 32.0. The first kappa shape index (κ1) is 41.4. The molecular weight excluding hydrogens is 735 g/mol. The van der Waals surface area contributed by atoms with Gasteiger partial charge in [0.15, 0.2) is 0 Å². The molecule has 0 aliphatic rings. The molecule has 0 radical (unpaired) electrons. The predicted octanol–water partition coefficient (Wildman–Crippen LogP) is 5.55. The molecule has 286 valence electrons. The monoisotopic (exact) mass is 778 g/mol. The molecule has 0 fully saturated rings. The first-order chi connectivity index (χ1) is 25.5. The van der Waals surface area contributed by atoms with Gasteiger partial charge in [-0.15, -0.1) is 0 Å². The molecule has 8 N–H and O–H groups in total. The number of aliphatic imine (C=N–C) groups is 1. The number of nitrogens with one attached hydrogen (secondary N) is 3. The minimum absolute atomic E-state index is 0.0219. The average Bonchev–Trinajstić information content (AvgIpc) is 3.12. The van der Waals surface area contributed by atoms with E-state index < -0.39 is 35.6 Å². The summed E-state index contributed by atoms with van der Waals surface area (Å²) in [7, 11) is 0. The van der Waals surface area contributed by atoms with Crippen LogP contribution in [0.25, 0.3) is 5.69 Å². The van der Waals surface area contributed by atoms with Crippen LogP contribution in [0.15, 0.2) is 88.3 Å². The predicted molar refractivity (Wildman–Crippen MR) is 210 cm³/mol. The first-order valence-corrected chi connectivity index (χ1v) is 17.6. The van der Waals surface area contributed by atoms with Crippen molar-refractivity contribution < 1.29 is 29.6 Å². The standard InChI is InChI=1S/C39H44Cl2N6O7/c1-22-10-11-24(36(51)43-19-28(49)20-48)15-30(22)47-23(2)14-32(35(41)37(47)52)54-21-26-9-7-6-8-25(26)18-44-38(53)46-34(17-33(42)39(3,4)5)45-27-12-13-29(40)31(50)16-27/h6-17,28,48-50H,18-21,42H2,1-5H3,(H,43,51)(H2,44,45,46,53). The fourth-order valence-electron chi connectivity index (χ4n) is 4.99. The summed E-state index contributed by atoms with van der Waals surface area (Å²) in [5.74, 6) is -0.356. The minimum atomic E-state index is -1.10. The van der Waals surface area contributed by atoms with Crippen molar-refractivity contribution in [1.29, 1.82) is 0 Å². The number of carbonyl (C=O) groups is 2. The number of urea groups is 1. The molecule has 3 aromatic carbocycles. The highest BCUT2D eigenvalue weighted by Crippen LogP contribution is 2.29. The molecule has 0 bridgehead atoms. The van der Waals surface area contributed by atoms with Crippen LogP contribution in [0.5, 0.6) is 11.5 Å². The molecule has 15 heteroatoms. The molecule has 0 saturated heterocycles. The fourth-order valence-corrected chi connectivity index (χ4v) is 5.30. The second kappa shape index (κ2) is 18.1. The van der Waals surface area contributed by atoms with Gasteiger partial charge in [-0.25, -0.2) is 9.79 Å². The van der Waals surface area contributed by atoms with Crippen molar-refractivity contribution in [2.24, 2.45) is 16.1 Å². The number of amidine groups is 1. The van der Waals surface area contributed by atoms with Gasteiger partial charge in [-0.3, -0.25) is 19.5 Å². The van der Waals surface area contributed by atoms with Gasteiger partial charge < -0.3 is 36.4 Å². The lowest BCUT2D eigenvalue weighted by atomic mass is 9.92. The maximum Gasteiger partial charge on any atom is 0.320 e. The Kier molecular flexibility index (Phi) is 13.9. The van der Waals surface area contributed by atoms with Gasteiger partial charge in [0.2, 0.25) is 0 Å². The van der Waals surface area contributed by atoms with E-state index in [4.69, 9.17) is 38.8 Å². The summed E-state index contributed by atoms with van der Waals surface area (Å²) < 4.78 is 7.44. The van der Waals surface area contributed by atoms with E-state index in [0.717, 1.165) is 11.1 Å². The van der Waals surface area contributed by atoms with Crippen LogP contribution >= 0.6 is 23.2 Å². The molecule has 13 nitrogen and oxygen atoms in total. The van der Waals surface area contributed by atoms with Crippen molar-refractivity contribution >= 4 is 46.7 Å². The third kappa shape index (κ3) is 10.9. The number of benzene rings is 3. The molecule has 54 heavy (non-hydrogen) atoms. The van der Waals surface area contributed by atoms with Gasteiger partial charge in [0.25, 0.3) is 11.5 Å². The van der Waals surface area contributed by atoms with Crippen molar-refractivity contribution in [2.45, 2.75) is 53.9 Å². The Hall–Kier alpha value is -5.34. The van der Waals surface area contributed by atoms with E-state index in [0.29, 0.717) is 28.3 Å². The van der Waals surface area contributed by atoms with E-state index >= 15 is 0 Å². The SMILES string of the molecule is Cc1ccc(C(=O)NCC(O)CO)cc1-n1c(C)cc(OCc2ccccc2CNC(=O)NC(C=C(N)C(C)(C)C)=Nc2ccc(Cl)c(O)c2)c(Cl)c1=O. The summed E-state index contributed by atoms with van der Waals surface area (Å²) >= 11 is 12.5. The second-order valence-electron chi connectivity index (χ2n) is 13.5. The molecule has 1 atom stereocenters. The van der Waals surface area contributed by atoms with E-state index in [-0.39, 0.29) is 52.6 Å². The molecule has 4 rings (SSSR count). The number of hydrogen-bond donors (Lipinski definition) is 7. The number of aryl methyl sites for hydroxylation is 2. The van der Waals surface area contributed by atoms with Gasteiger partial charge in [-0.05, 0) is 54.8 Å². The Labute approximate surface area is 323 Å². The normalized spacial score (nSPS) is 12.6. The number of halogens is 2. The van der Waals surface area contributed by atoms with E-state index in [9.17, 15) is 24.6 Å². The Morgan fingerprint density at radius 2 is 1.72 bits per heavy atom. The highest BCUT2D eigenvalue weighted by atomic mass is 35.5. The smallest absolute Gasteiger partial charge is 0.320 e. The number of nitrogens with two attached hydrogens (primary N) is 1. The number of phenols is 1. The highest BCUT2D eigenvalue weighted by Gasteiger charge is 2.19. The number of carbonyl (C=O) groups excluding carboxylic acids is 2. The van der Waals surface area contributed by atoms with Gasteiger partial charge in [0.05, 0.1) is 29.1 Å². The summed E-state index contributed by atoms with van der Waals surface area (Å²) in [6, 6.07) is 17.6. The summed E-state index contributed by atoms with van der Waals surface area (Å²) in [5, 5.41) is 36.7. The van der Waals surface area contributed by atoms with Crippen molar-refractivity contribution in [3.05, 3.63) is 127 Å². The van der Waals surface area contributed by atoms with Crippen LogP contribution in [0.2, 0.25) is 10.0 Å². The second-order valence-corrected chi connectivity index (χ2v) is 14.3.